The molecule has 2 N–H and O–H groups in total. The van der Waals surface area contributed by atoms with Crippen LogP contribution in [-0.2, 0) is 4.79 Å². The Morgan fingerprint density at radius 2 is 2.00 bits per heavy atom. The number of Topliss-reactive ketones (excluding diaryl/α,β-unsaturated/α-hetero) is 1. The lowest BCUT2D eigenvalue weighted by Crippen LogP contribution is -2.14. The average molecular weight is 353 g/mol. The van der Waals surface area contributed by atoms with E-state index in [-0.39, 0.29) is 23.3 Å². The molecule has 1 aromatic rings. The Labute approximate surface area is 121 Å². The Hall–Kier alpha value is -1.54. The van der Waals surface area contributed by atoms with Crippen LogP contribution < -0.4 is 4.74 Å². The molecule has 0 saturated heterocycles. The number of aliphatic hydroxyl groups is 1. The molecule has 0 aliphatic rings. The molecule has 0 saturated carbocycles. The quantitative estimate of drug-likeness (QED) is 0.581. The summed E-state index contributed by atoms with van der Waals surface area (Å²) in [5.74, 6) is -2.46. The molecule has 0 aliphatic heterocycles. The monoisotopic (exact) mass is 352 g/mol. The highest BCUT2D eigenvalue weighted by molar-refractivity contribution is 9.09. The van der Waals surface area contributed by atoms with Crippen molar-refractivity contribution in [3.05, 3.63) is 29.3 Å². The number of carbonyl (C=O) groups excluding carboxylic acids is 1. The lowest BCUT2D eigenvalue weighted by atomic mass is 10.0. The van der Waals surface area contributed by atoms with Gasteiger partial charge in [0, 0.05) is 22.9 Å². The molecule has 110 valence electrons. The van der Waals surface area contributed by atoms with E-state index in [4.69, 9.17) is 5.11 Å². The van der Waals surface area contributed by atoms with Crippen LogP contribution in [0.3, 0.4) is 0 Å². The Kier molecular flexibility index (Phi) is 6.03. The first-order chi connectivity index (χ1) is 9.36. The molecule has 0 amide bonds. The number of halogens is 3. The van der Waals surface area contributed by atoms with Crippen molar-refractivity contribution >= 4 is 27.7 Å². The van der Waals surface area contributed by atoms with Gasteiger partial charge >= 0.3 is 12.6 Å². The molecule has 1 unspecified atom stereocenters. The molecule has 0 heterocycles. The van der Waals surface area contributed by atoms with Gasteiger partial charge in [-0.3, -0.25) is 4.79 Å². The maximum absolute atomic E-state index is 12.3. The van der Waals surface area contributed by atoms with Crippen LogP contribution >= 0.6 is 15.9 Å². The third kappa shape index (κ3) is 4.24. The van der Waals surface area contributed by atoms with Crippen molar-refractivity contribution in [2.45, 2.75) is 19.1 Å². The molecule has 0 aliphatic carbocycles. The van der Waals surface area contributed by atoms with Crippen molar-refractivity contribution < 1.29 is 33.3 Å². The van der Waals surface area contributed by atoms with E-state index in [9.17, 15) is 23.5 Å². The van der Waals surface area contributed by atoms with E-state index in [0.717, 1.165) is 12.1 Å². The van der Waals surface area contributed by atoms with Crippen LogP contribution in [-0.4, -0.2) is 33.9 Å². The third-order valence-electron chi connectivity index (χ3n) is 2.40. The van der Waals surface area contributed by atoms with Crippen LogP contribution in [0.1, 0.15) is 28.4 Å². The van der Waals surface area contributed by atoms with Crippen molar-refractivity contribution in [3.63, 3.8) is 0 Å². The number of alkyl halides is 3. The first-order valence-corrected chi connectivity index (χ1v) is 6.57. The van der Waals surface area contributed by atoms with E-state index in [0.29, 0.717) is 5.33 Å². The van der Waals surface area contributed by atoms with Crippen molar-refractivity contribution in [1.82, 2.24) is 0 Å². The zero-order chi connectivity index (χ0) is 15.3. The molecule has 5 nitrogen and oxygen atoms in total. The molecule has 0 bridgehead atoms. The Bertz CT molecular complexity index is 507. The maximum atomic E-state index is 12.3. The second kappa shape index (κ2) is 7.30. The van der Waals surface area contributed by atoms with Crippen LogP contribution in [0.4, 0.5) is 8.78 Å². The van der Waals surface area contributed by atoms with Crippen molar-refractivity contribution in [3.8, 4) is 5.75 Å². The van der Waals surface area contributed by atoms with Gasteiger partial charge in [0.15, 0.2) is 11.9 Å². The second-order valence-corrected chi connectivity index (χ2v) is 4.53. The van der Waals surface area contributed by atoms with Gasteiger partial charge in [0.1, 0.15) is 5.75 Å². The molecular formula is C12H11BrF2O5. The minimum absolute atomic E-state index is 0.0986. The highest BCUT2D eigenvalue weighted by Gasteiger charge is 2.23. The van der Waals surface area contributed by atoms with Crippen LogP contribution in [0.2, 0.25) is 0 Å². The number of rotatable bonds is 7. The maximum Gasteiger partial charge on any atom is 0.387 e. The summed E-state index contributed by atoms with van der Waals surface area (Å²) < 4.78 is 28.8. The summed E-state index contributed by atoms with van der Waals surface area (Å²) in [5, 5.41) is 18.5. The molecule has 0 spiro atoms. The van der Waals surface area contributed by atoms with E-state index in [2.05, 4.69) is 20.7 Å². The molecule has 1 aromatic carbocycles. The standard InChI is InChI=1S/C12H11BrF2O5/c13-4-3-8(16)6-1-2-7(10(17)11(18)19)9(5-6)20-12(14)15/h1-2,5,10,12,17H,3-4H2,(H,18,19). The fourth-order valence-corrected chi connectivity index (χ4v) is 1.86. The number of aliphatic hydroxyl groups excluding tert-OH is 1. The number of hydrogen-bond acceptors (Lipinski definition) is 4. The summed E-state index contributed by atoms with van der Waals surface area (Å²) in [6.07, 6.45) is -1.86. The highest BCUT2D eigenvalue weighted by atomic mass is 79.9. The van der Waals surface area contributed by atoms with Gasteiger partial charge in [0.05, 0.1) is 0 Å². The average Bonchev–Trinajstić information content (AvgIpc) is 2.37. The molecule has 1 rings (SSSR count). The van der Waals surface area contributed by atoms with Gasteiger partial charge in [-0.25, -0.2) is 4.79 Å². The molecule has 0 fully saturated rings. The molecule has 8 heteroatoms. The lowest BCUT2D eigenvalue weighted by molar-refractivity contribution is -0.147. The molecule has 0 aromatic heterocycles. The fourth-order valence-electron chi connectivity index (χ4n) is 1.49. The number of carboxylic acids is 1. The van der Waals surface area contributed by atoms with E-state index >= 15 is 0 Å². The third-order valence-corrected chi connectivity index (χ3v) is 2.80. The van der Waals surface area contributed by atoms with Gasteiger partial charge in [-0.15, -0.1) is 0 Å². The number of carbonyl (C=O) groups is 2. The summed E-state index contributed by atoms with van der Waals surface area (Å²) in [4.78, 5) is 22.3. The number of hydrogen-bond donors (Lipinski definition) is 2. The molecule has 1 atom stereocenters. The summed E-state index contributed by atoms with van der Waals surface area (Å²) in [5.41, 5.74) is -0.241. The number of aliphatic carboxylic acids is 1. The summed E-state index contributed by atoms with van der Waals surface area (Å²) in [6.45, 7) is -3.20. The Morgan fingerprint density at radius 3 is 2.50 bits per heavy atom. The highest BCUT2D eigenvalue weighted by Crippen LogP contribution is 2.29. The van der Waals surface area contributed by atoms with Gasteiger partial charge in [-0.1, -0.05) is 28.1 Å². The second-order valence-electron chi connectivity index (χ2n) is 3.73. The van der Waals surface area contributed by atoms with Crippen LogP contribution in [0.15, 0.2) is 18.2 Å². The summed E-state index contributed by atoms with van der Waals surface area (Å²) in [7, 11) is 0. The van der Waals surface area contributed by atoms with E-state index in [1.165, 1.54) is 6.07 Å². The van der Waals surface area contributed by atoms with E-state index in [1.807, 2.05) is 0 Å². The zero-order valence-electron chi connectivity index (χ0n) is 10.1. The van der Waals surface area contributed by atoms with Gasteiger partial charge in [0.2, 0.25) is 0 Å². The minimum Gasteiger partial charge on any atom is -0.479 e. The van der Waals surface area contributed by atoms with Gasteiger partial charge in [-0.2, -0.15) is 8.78 Å². The zero-order valence-corrected chi connectivity index (χ0v) is 11.6. The number of benzene rings is 1. The number of ketones is 1. The largest absolute Gasteiger partial charge is 0.479 e. The predicted molar refractivity (Wildman–Crippen MR) is 68.4 cm³/mol. The molecule has 0 radical (unpaired) electrons. The minimum atomic E-state index is -3.20. The molecule has 20 heavy (non-hydrogen) atoms. The topological polar surface area (TPSA) is 83.8 Å². The van der Waals surface area contributed by atoms with Crippen molar-refractivity contribution in [2.75, 3.05) is 5.33 Å². The van der Waals surface area contributed by atoms with Crippen LogP contribution in [0.25, 0.3) is 0 Å². The number of ether oxygens (including phenoxy) is 1. The van der Waals surface area contributed by atoms with Crippen LogP contribution in [0, 0.1) is 0 Å². The lowest BCUT2D eigenvalue weighted by Gasteiger charge is -2.14. The van der Waals surface area contributed by atoms with Gasteiger partial charge in [-0.05, 0) is 6.07 Å². The smallest absolute Gasteiger partial charge is 0.387 e. The number of carboxylic acid groups (broad SMARTS) is 1. The van der Waals surface area contributed by atoms with Crippen molar-refractivity contribution in [2.24, 2.45) is 0 Å². The Morgan fingerprint density at radius 1 is 1.35 bits per heavy atom. The summed E-state index contributed by atoms with van der Waals surface area (Å²) >= 11 is 3.07. The summed E-state index contributed by atoms with van der Waals surface area (Å²) in [6, 6.07) is 3.33. The van der Waals surface area contributed by atoms with E-state index in [1.54, 1.807) is 0 Å². The van der Waals surface area contributed by atoms with Gasteiger partial charge < -0.3 is 14.9 Å². The first kappa shape index (κ1) is 16.5. The van der Waals surface area contributed by atoms with Crippen LogP contribution in [0.5, 0.6) is 5.75 Å². The van der Waals surface area contributed by atoms with Gasteiger partial charge in [0.25, 0.3) is 0 Å². The molecular weight excluding hydrogens is 342 g/mol. The Balaban J connectivity index is 3.19. The fraction of sp³-hybridized carbons (Fsp3) is 0.333. The normalized spacial score (nSPS) is 12.2. The van der Waals surface area contributed by atoms with Crippen molar-refractivity contribution in [1.29, 1.82) is 0 Å². The predicted octanol–water partition coefficient (Wildman–Crippen LogP) is 2.37. The SMILES string of the molecule is O=C(CCBr)c1ccc(C(O)C(=O)O)c(OC(F)F)c1. The van der Waals surface area contributed by atoms with E-state index < -0.39 is 24.4 Å². The first-order valence-electron chi connectivity index (χ1n) is 5.45.